The maximum absolute atomic E-state index is 14.0. The second-order valence-electron chi connectivity index (χ2n) is 5.69. The molecule has 2 unspecified atom stereocenters. The number of piperazine rings is 1. The Morgan fingerprint density at radius 1 is 1.20 bits per heavy atom. The summed E-state index contributed by atoms with van der Waals surface area (Å²) in [4.78, 5) is 1.87. The Labute approximate surface area is 118 Å². The molecule has 0 aromatic heterocycles. The summed E-state index contributed by atoms with van der Waals surface area (Å²) in [5.41, 5.74) is 0.155. The van der Waals surface area contributed by atoms with Crippen molar-refractivity contribution >= 4 is 5.69 Å². The Bertz CT molecular complexity index is 476. The molecule has 1 aromatic carbocycles. The predicted octanol–water partition coefficient (Wildman–Crippen LogP) is 3.32. The number of nitrogens with one attached hydrogen (secondary N) is 1. The first kappa shape index (κ1) is 15.2. The second kappa shape index (κ2) is 6.04. The molecule has 1 fully saturated rings. The zero-order valence-corrected chi connectivity index (χ0v) is 12.1. The van der Waals surface area contributed by atoms with Gasteiger partial charge in [0.05, 0.1) is 5.69 Å². The first-order valence-corrected chi connectivity index (χ1v) is 7.08. The molecule has 1 heterocycles. The van der Waals surface area contributed by atoms with Gasteiger partial charge in [-0.3, -0.25) is 0 Å². The van der Waals surface area contributed by atoms with Gasteiger partial charge >= 0.3 is 0 Å². The molecule has 0 amide bonds. The minimum Gasteiger partial charge on any atom is -0.363 e. The summed E-state index contributed by atoms with van der Waals surface area (Å²) in [6.45, 7) is 7.45. The van der Waals surface area contributed by atoms with Crippen LogP contribution in [-0.2, 0) is 0 Å². The van der Waals surface area contributed by atoms with Gasteiger partial charge in [-0.25, -0.2) is 13.2 Å². The van der Waals surface area contributed by atoms with E-state index >= 15 is 0 Å². The molecule has 1 saturated heterocycles. The van der Waals surface area contributed by atoms with Gasteiger partial charge in [0.2, 0.25) is 0 Å². The van der Waals surface area contributed by atoms with Crippen molar-refractivity contribution in [3.63, 3.8) is 0 Å². The summed E-state index contributed by atoms with van der Waals surface area (Å²) in [5, 5.41) is 3.41. The van der Waals surface area contributed by atoms with Gasteiger partial charge in [0.15, 0.2) is 11.6 Å². The Kier molecular flexibility index (Phi) is 4.58. The highest BCUT2D eigenvalue weighted by molar-refractivity contribution is 5.50. The van der Waals surface area contributed by atoms with Crippen LogP contribution in [0.1, 0.15) is 27.2 Å². The Hall–Kier alpha value is -1.23. The lowest BCUT2D eigenvalue weighted by molar-refractivity contribution is 0.330. The van der Waals surface area contributed by atoms with Crippen molar-refractivity contribution in [2.24, 2.45) is 5.92 Å². The van der Waals surface area contributed by atoms with Crippen LogP contribution in [0.5, 0.6) is 0 Å². The van der Waals surface area contributed by atoms with Gasteiger partial charge < -0.3 is 10.2 Å². The van der Waals surface area contributed by atoms with Crippen LogP contribution < -0.4 is 10.2 Å². The van der Waals surface area contributed by atoms with E-state index < -0.39 is 17.5 Å². The first-order chi connectivity index (χ1) is 9.43. The van der Waals surface area contributed by atoms with Gasteiger partial charge in [0, 0.05) is 37.3 Å². The average molecular weight is 286 g/mol. The fourth-order valence-corrected chi connectivity index (χ4v) is 2.71. The van der Waals surface area contributed by atoms with Gasteiger partial charge in [-0.05, 0) is 12.3 Å². The fraction of sp³-hybridized carbons (Fsp3) is 0.600. The van der Waals surface area contributed by atoms with Crippen LogP contribution >= 0.6 is 0 Å². The van der Waals surface area contributed by atoms with Crippen LogP contribution in [0.2, 0.25) is 0 Å². The largest absolute Gasteiger partial charge is 0.363 e. The number of benzene rings is 1. The summed E-state index contributed by atoms with van der Waals surface area (Å²) >= 11 is 0. The van der Waals surface area contributed by atoms with Gasteiger partial charge in [0.1, 0.15) is 5.82 Å². The standard InChI is InChI=1S/C15H21F3N2/c1-4-10-8-20(15(7-19-10)9(2)3)14-6-12(17)11(16)5-13(14)18/h5-6,9-10,15,19H,4,7-8H2,1-3H3. The quantitative estimate of drug-likeness (QED) is 0.858. The molecule has 0 saturated carbocycles. The van der Waals surface area contributed by atoms with Gasteiger partial charge in [0.25, 0.3) is 0 Å². The highest BCUT2D eigenvalue weighted by Crippen LogP contribution is 2.28. The molecule has 20 heavy (non-hydrogen) atoms. The van der Waals surface area contributed by atoms with E-state index in [2.05, 4.69) is 5.32 Å². The number of nitrogens with zero attached hydrogens (tertiary/aromatic N) is 1. The van der Waals surface area contributed by atoms with Crippen molar-refractivity contribution < 1.29 is 13.2 Å². The molecular formula is C15H21F3N2. The lowest BCUT2D eigenvalue weighted by Crippen LogP contribution is -2.58. The van der Waals surface area contributed by atoms with Crippen LogP contribution in [0.25, 0.3) is 0 Å². The first-order valence-electron chi connectivity index (χ1n) is 7.08. The Morgan fingerprint density at radius 3 is 2.45 bits per heavy atom. The highest BCUT2D eigenvalue weighted by atomic mass is 19.2. The SMILES string of the molecule is CCC1CN(c2cc(F)c(F)cc2F)C(C(C)C)CN1. The van der Waals surface area contributed by atoms with E-state index in [1.165, 1.54) is 0 Å². The van der Waals surface area contributed by atoms with Crippen molar-refractivity contribution in [3.8, 4) is 0 Å². The lowest BCUT2D eigenvalue weighted by atomic mass is 9.96. The summed E-state index contributed by atoms with van der Waals surface area (Å²) in [6.07, 6.45) is 0.909. The van der Waals surface area contributed by atoms with Crippen molar-refractivity contribution in [1.29, 1.82) is 0 Å². The third-order valence-corrected chi connectivity index (χ3v) is 3.99. The predicted molar refractivity (Wildman–Crippen MR) is 74.4 cm³/mol. The van der Waals surface area contributed by atoms with E-state index in [0.29, 0.717) is 19.2 Å². The van der Waals surface area contributed by atoms with Gasteiger partial charge in [-0.15, -0.1) is 0 Å². The number of rotatable bonds is 3. The average Bonchev–Trinajstić information content (AvgIpc) is 2.42. The van der Waals surface area contributed by atoms with E-state index in [4.69, 9.17) is 0 Å². The molecule has 112 valence electrons. The highest BCUT2D eigenvalue weighted by Gasteiger charge is 2.31. The third-order valence-electron chi connectivity index (χ3n) is 3.99. The molecular weight excluding hydrogens is 265 g/mol. The smallest absolute Gasteiger partial charge is 0.161 e. The minimum absolute atomic E-state index is 0.0668. The third kappa shape index (κ3) is 2.92. The molecule has 2 atom stereocenters. The van der Waals surface area contributed by atoms with E-state index in [1.54, 1.807) is 0 Å². The molecule has 2 rings (SSSR count). The number of anilines is 1. The maximum atomic E-state index is 14.0. The maximum Gasteiger partial charge on any atom is 0.161 e. The molecule has 0 radical (unpaired) electrons. The second-order valence-corrected chi connectivity index (χ2v) is 5.69. The lowest BCUT2D eigenvalue weighted by Gasteiger charge is -2.43. The number of hydrogen-bond donors (Lipinski definition) is 1. The molecule has 1 aliphatic heterocycles. The zero-order chi connectivity index (χ0) is 14.9. The summed E-state index contributed by atoms with van der Waals surface area (Å²) in [6, 6.07) is 1.90. The van der Waals surface area contributed by atoms with E-state index in [1.807, 2.05) is 25.7 Å². The van der Waals surface area contributed by atoms with Gasteiger partial charge in [-0.1, -0.05) is 20.8 Å². The van der Waals surface area contributed by atoms with Crippen LogP contribution in [0.4, 0.5) is 18.9 Å². The topological polar surface area (TPSA) is 15.3 Å². The van der Waals surface area contributed by atoms with Crippen molar-refractivity contribution in [1.82, 2.24) is 5.32 Å². The van der Waals surface area contributed by atoms with Crippen LogP contribution in [0.15, 0.2) is 12.1 Å². The summed E-state index contributed by atoms with van der Waals surface area (Å²) < 4.78 is 40.5. The molecule has 0 aliphatic carbocycles. The van der Waals surface area contributed by atoms with Crippen molar-refractivity contribution in [3.05, 3.63) is 29.6 Å². The van der Waals surface area contributed by atoms with E-state index in [9.17, 15) is 13.2 Å². The Balaban J connectivity index is 2.37. The monoisotopic (exact) mass is 286 g/mol. The fourth-order valence-electron chi connectivity index (χ4n) is 2.71. The number of hydrogen-bond acceptors (Lipinski definition) is 2. The molecule has 0 bridgehead atoms. The minimum atomic E-state index is -1.14. The Morgan fingerprint density at radius 2 is 1.85 bits per heavy atom. The van der Waals surface area contributed by atoms with Crippen LogP contribution in [0.3, 0.4) is 0 Å². The molecule has 5 heteroatoms. The summed E-state index contributed by atoms with van der Waals surface area (Å²) in [5.74, 6) is -2.57. The van der Waals surface area contributed by atoms with Crippen LogP contribution in [0, 0.1) is 23.4 Å². The van der Waals surface area contributed by atoms with Gasteiger partial charge in [-0.2, -0.15) is 0 Å². The zero-order valence-electron chi connectivity index (χ0n) is 12.1. The molecule has 1 aromatic rings. The number of halogens is 3. The normalized spacial score (nSPS) is 23.4. The molecule has 0 spiro atoms. The van der Waals surface area contributed by atoms with Crippen molar-refractivity contribution in [2.75, 3.05) is 18.0 Å². The molecule has 2 nitrogen and oxygen atoms in total. The summed E-state index contributed by atoms with van der Waals surface area (Å²) in [7, 11) is 0. The van der Waals surface area contributed by atoms with E-state index in [-0.39, 0.29) is 23.7 Å². The van der Waals surface area contributed by atoms with E-state index in [0.717, 1.165) is 12.5 Å². The van der Waals surface area contributed by atoms with Crippen LogP contribution in [-0.4, -0.2) is 25.2 Å². The molecule has 1 N–H and O–H groups in total. The molecule has 1 aliphatic rings. The van der Waals surface area contributed by atoms with Crippen molar-refractivity contribution in [2.45, 2.75) is 39.3 Å².